The molecule has 1 aromatic rings. The van der Waals surface area contributed by atoms with Crippen molar-refractivity contribution in [2.24, 2.45) is 0 Å². The summed E-state index contributed by atoms with van der Waals surface area (Å²) in [6.07, 6.45) is 0.309. The molecule has 0 atom stereocenters. The lowest BCUT2D eigenvalue weighted by Crippen LogP contribution is -2.41. The summed E-state index contributed by atoms with van der Waals surface area (Å²) in [6.45, 7) is 9.04. The van der Waals surface area contributed by atoms with Gasteiger partial charge < -0.3 is 18.8 Å². The van der Waals surface area contributed by atoms with Crippen LogP contribution in [0.1, 0.15) is 33.3 Å². The van der Waals surface area contributed by atoms with E-state index in [0.717, 1.165) is 11.0 Å². The maximum Gasteiger partial charge on any atom is 0.498 e. The summed E-state index contributed by atoms with van der Waals surface area (Å²) in [5.41, 5.74) is 0.814. The Kier molecular flexibility index (Phi) is 3.58. The molecule has 6 heteroatoms. The number of rotatable bonds is 2. The molecule has 5 nitrogen and oxygen atoms in total. The fourth-order valence-corrected chi connectivity index (χ4v) is 2.58. The van der Waals surface area contributed by atoms with E-state index < -0.39 is 18.3 Å². The highest BCUT2D eigenvalue weighted by Crippen LogP contribution is 2.39. The first-order valence-corrected chi connectivity index (χ1v) is 7.49. The Balaban J connectivity index is 2.03. The van der Waals surface area contributed by atoms with Gasteiger partial charge in [-0.15, -0.1) is 0 Å². The standard InChI is InChI=1S/C16H20BNO4/c1-15(2)16(3,4)22-17(21-15)12-9-11(5-6-18)10-13-14(12)20-8-7-19-13/h9-10H,5,7-8H2,1-4H3. The summed E-state index contributed by atoms with van der Waals surface area (Å²) < 4.78 is 23.7. The molecule has 0 saturated carbocycles. The predicted octanol–water partition coefficient (Wildman–Crippen LogP) is 1.82. The molecule has 1 saturated heterocycles. The minimum Gasteiger partial charge on any atom is -0.487 e. The molecule has 0 aliphatic carbocycles. The summed E-state index contributed by atoms with van der Waals surface area (Å²) >= 11 is 0. The highest BCUT2D eigenvalue weighted by Gasteiger charge is 2.53. The first kappa shape index (κ1) is 15.2. The van der Waals surface area contributed by atoms with Crippen LogP contribution in [0.2, 0.25) is 0 Å². The monoisotopic (exact) mass is 301 g/mol. The smallest absolute Gasteiger partial charge is 0.487 e. The molecule has 0 radical (unpaired) electrons. The number of hydrogen-bond donors (Lipinski definition) is 0. The average Bonchev–Trinajstić information content (AvgIpc) is 2.67. The Morgan fingerprint density at radius 1 is 1.09 bits per heavy atom. The molecule has 2 heterocycles. The second-order valence-electron chi connectivity index (χ2n) is 6.63. The Morgan fingerprint density at radius 2 is 1.73 bits per heavy atom. The summed E-state index contributed by atoms with van der Waals surface area (Å²) in [5.74, 6) is 1.31. The van der Waals surface area contributed by atoms with Gasteiger partial charge in [0.05, 0.1) is 23.7 Å². The van der Waals surface area contributed by atoms with Gasteiger partial charge >= 0.3 is 7.12 Å². The third kappa shape index (κ3) is 2.45. The summed E-state index contributed by atoms with van der Waals surface area (Å²) in [7, 11) is -0.529. The van der Waals surface area contributed by atoms with Crippen molar-refractivity contribution in [3.05, 3.63) is 17.7 Å². The van der Waals surface area contributed by atoms with Crippen LogP contribution in [0.3, 0.4) is 0 Å². The lowest BCUT2D eigenvalue weighted by atomic mass is 9.77. The van der Waals surface area contributed by atoms with Crippen molar-refractivity contribution in [2.45, 2.75) is 45.3 Å². The van der Waals surface area contributed by atoms with Crippen LogP contribution < -0.4 is 14.9 Å². The first-order valence-electron chi connectivity index (χ1n) is 7.49. The van der Waals surface area contributed by atoms with Gasteiger partial charge in [0.15, 0.2) is 11.5 Å². The molecule has 116 valence electrons. The molecule has 1 aromatic carbocycles. The van der Waals surface area contributed by atoms with Crippen molar-refractivity contribution >= 4 is 12.6 Å². The lowest BCUT2D eigenvalue weighted by Gasteiger charge is -2.32. The first-order chi connectivity index (χ1) is 10.3. The van der Waals surface area contributed by atoms with Gasteiger partial charge in [-0.05, 0) is 39.3 Å². The third-order valence-corrected chi connectivity index (χ3v) is 4.52. The molecule has 0 aromatic heterocycles. The van der Waals surface area contributed by atoms with E-state index in [1.54, 1.807) is 0 Å². The number of nitrogens with zero attached hydrogens (tertiary/aromatic N) is 1. The number of benzene rings is 1. The van der Waals surface area contributed by atoms with E-state index in [2.05, 4.69) is 6.07 Å². The zero-order valence-corrected chi connectivity index (χ0v) is 13.4. The van der Waals surface area contributed by atoms with E-state index in [4.69, 9.17) is 24.0 Å². The van der Waals surface area contributed by atoms with E-state index in [1.165, 1.54) is 0 Å². The van der Waals surface area contributed by atoms with E-state index in [-0.39, 0.29) is 0 Å². The normalized spacial score (nSPS) is 21.5. The predicted molar refractivity (Wildman–Crippen MR) is 82.5 cm³/mol. The van der Waals surface area contributed by atoms with Crippen molar-refractivity contribution in [3.8, 4) is 17.6 Å². The molecule has 0 bridgehead atoms. The summed E-state index contributed by atoms with van der Waals surface area (Å²) in [6, 6.07) is 5.93. The highest BCUT2D eigenvalue weighted by atomic mass is 16.7. The lowest BCUT2D eigenvalue weighted by molar-refractivity contribution is 0.00578. The molecule has 1 fully saturated rings. The molecule has 0 spiro atoms. The fourth-order valence-electron chi connectivity index (χ4n) is 2.58. The highest BCUT2D eigenvalue weighted by molar-refractivity contribution is 6.63. The van der Waals surface area contributed by atoms with Crippen LogP contribution in [-0.4, -0.2) is 31.5 Å². The molecule has 0 unspecified atom stereocenters. The molecule has 2 aliphatic heterocycles. The zero-order valence-electron chi connectivity index (χ0n) is 13.4. The van der Waals surface area contributed by atoms with Crippen molar-refractivity contribution in [2.75, 3.05) is 13.2 Å². The second-order valence-corrected chi connectivity index (χ2v) is 6.63. The molecular formula is C16H20BNO4. The van der Waals surface area contributed by atoms with E-state index in [1.807, 2.05) is 39.8 Å². The van der Waals surface area contributed by atoms with Crippen LogP contribution in [0.15, 0.2) is 12.1 Å². The van der Waals surface area contributed by atoms with Gasteiger partial charge in [-0.1, -0.05) is 6.07 Å². The van der Waals surface area contributed by atoms with Crippen molar-refractivity contribution in [1.29, 1.82) is 5.26 Å². The van der Waals surface area contributed by atoms with Gasteiger partial charge in [-0.2, -0.15) is 5.26 Å². The quantitative estimate of drug-likeness (QED) is 0.780. The van der Waals surface area contributed by atoms with Gasteiger partial charge in [-0.3, -0.25) is 0 Å². The van der Waals surface area contributed by atoms with Crippen LogP contribution in [0.25, 0.3) is 0 Å². The van der Waals surface area contributed by atoms with Gasteiger partial charge in [0.2, 0.25) is 0 Å². The average molecular weight is 301 g/mol. The topological polar surface area (TPSA) is 60.7 Å². The second kappa shape index (κ2) is 5.18. The SMILES string of the molecule is CC1(C)OB(c2cc(CC#N)cc3c2OCCO3)OC1(C)C. The van der Waals surface area contributed by atoms with Crippen LogP contribution in [-0.2, 0) is 15.7 Å². The van der Waals surface area contributed by atoms with Crippen LogP contribution in [0, 0.1) is 11.3 Å². The van der Waals surface area contributed by atoms with Crippen molar-refractivity contribution in [1.82, 2.24) is 0 Å². The van der Waals surface area contributed by atoms with Gasteiger partial charge in [0.1, 0.15) is 13.2 Å². The van der Waals surface area contributed by atoms with Gasteiger partial charge in [0.25, 0.3) is 0 Å². The number of ether oxygens (including phenoxy) is 2. The van der Waals surface area contributed by atoms with Gasteiger partial charge in [-0.25, -0.2) is 0 Å². The molecule has 0 amide bonds. The van der Waals surface area contributed by atoms with Crippen LogP contribution in [0.5, 0.6) is 11.5 Å². The van der Waals surface area contributed by atoms with Crippen LogP contribution in [0.4, 0.5) is 0 Å². The summed E-state index contributed by atoms with van der Waals surface area (Å²) in [5, 5.41) is 8.96. The van der Waals surface area contributed by atoms with Gasteiger partial charge in [0, 0.05) is 5.46 Å². The summed E-state index contributed by atoms with van der Waals surface area (Å²) in [4.78, 5) is 0. The number of nitriles is 1. The maximum atomic E-state index is 8.96. The van der Waals surface area contributed by atoms with E-state index >= 15 is 0 Å². The molecule has 3 rings (SSSR count). The zero-order chi connectivity index (χ0) is 16.0. The molecular weight excluding hydrogens is 281 g/mol. The van der Waals surface area contributed by atoms with Crippen molar-refractivity contribution in [3.63, 3.8) is 0 Å². The Hall–Kier alpha value is -1.71. The molecule has 22 heavy (non-hydrogen) atoms. The number of fused-ring (bicyclic) bond motifs is 1. The largest absolute Gasteiger partial charge is 0.498 e. The van der Waals surface area contributed by atoms with E-state index in [9.17, 15) is 0 Å². The maximum absolute atomic E-state index is 8.96. The Bertz CT molecular complexity index is 620. The minimum absolute atomic E-state index is 0.309. The minimum atomic E-state index is -0.529. The third-order valence-electron chi connectivity index (χ3n) is 4.52. The number of hydrogen-bond acceptors (Lipinski definition) is 5. The fraction of sp³-hybridized carbons (Fsp3) is 0.562. The van der Waals surface area contributed by atoms with Crippen molar-refractivity contribution < 1.29 is 18.8 Å². The van der Waals surface area contributed by atoms with E-state index in [0.29, 0.717) is 31.1 Å². The van der Waals surface area contributed by atoms with Crippen LogP contribution >= 0.6 is 0 Å². The Morgan fingerprint density at radius 3 is 2.36 bits per heavy atom. The Labute approximate surface area is 131 Å². The molecule has 0 N–H and O–H groups in total. The molecule has 2 aliphatic rings.